The standard InChI is InChI=1S/C18H20ClN3O2/c19-15-3-1-2-12(8-15)17-9-16(21-24-17)18(23)22-6-4-13-10-20-11-14(13)5-7-22/h1-3,8-9,13-14,20H,4-7,10-11H2/t13-,14+. The van der Waals surface area contributed by atoms with Crippen molar-refractivity contribution >= 4 is 17.5 Å². The lowest BCUT2D eigenvalue weighted by molar-refractivity contribution is 0.0748. The van der Waals surface area contributed by atoms with Crippen LogP contribution >= 0.6 is 11.6 Å². The topological polar surface area (TPSA) is 58.4 Å². The molecule has 1 N–H and O–H groups in total. The van der Waals surface area contributed by atoms with Crippen LogP contribution in [0.25, 0.3) is 11.3 Å². The van der Waals surface area contributed by atoms with Crippen LogP contribution < -0.4 is 5.32 Å². The van der Waals surface area contributed by atoms with Crippen molar-refractivity contribution in [3.8, 4) is 11.3 Å². The van der Waals surface area contributed by atoms with Crippen LogP contribution in [-0.4, -0.2) is 42.1 Å². The maximum Gasteiger partial charge on any atom is 0.276 e. The van der Waals surface area contributed by atoms with Gasteiger partial charge in [-0.1, -0.05) is 28.9 Å². The van der Waals surface area contributed by atoms with Gasteiger partial charge in [-0.05, 0) is 49.9 Å². The molecule has 4 rings (SSSR count). The van der Waals surface area contributed by atoms with Crippen molar-refractivity contribution in [3.63, 3.8) is 0 Å². The third-order valence-corrected chi connectivity index (χ3v) is 5.38. The van der Waals surface area contributed by atoms with Crippen molar-refractivity contribution < 1.29 is 9.32 Å². The zero-order valence-electron chi connectivity index (χ0n) is 13.4. The summed E-state index contributed by atoms with van der Waals surface area (Å²) >= 11 is 6.01. The molecule has 2 fully saturated rings. The molecule has 2 atom stereocenters. The Kier molecular flexibility index (Phi) is 4.29. The Hall–Kier alpha value is -1.85. The summed E-state index contributed by atoms with van der Waals surface area (Å²) in [7, 11) is 0. The van der Waals surface area contributed by atoms with Gasteiger partial charge in [-0.25, -0.2) is 0 Å². The van der Waals surface area contributed by atoms with Crippen molar-refractivity contribution in [3.05, 3.63) is 41.0 Å². The number of halogens is 1. The minimum absolute atomic E-state index is 0.0417. The second-order valence-corrected chi connectivity index (χ2v) is 7.07. The Balaban J connectivity index is 1.49. The van der Waals surface area contributed by atoms with Crippen molar-refractivity contribution in [2.24, 2.45) is 11.8 Å². The zero-order valence-corrected chi connectivity index (χ0v) is 14.1. The van der Waals surface area contributed by atoms with Crippen LogP contribution in [-0.2, 0) is 0 Å². The fraction of sp³-hybridized carbons (Fsp3) is 0.444. The summed E-state index contributed by atoms with van der Waals surface area (Å²) in [6.07, 6.45) is 2.12. The van der Waals surface area contributed by atoms with E-state index in [1.54, 1.807) is 18.2 Å². The van der Waals surface area contributed by atoms with Gasteiger partial charge in [0.1, 0.15) is 0 Å². The predicted molar refractivity (Wildman–Crippen MR) is 91.9 cm³/mol. The minimum Gasteiger partial charge on any atom is -0.355 e. The van der Waals surface area contributed by atoms with Gasteiger partial charge >= 0.3 is 0 Å². The van der Waals surface area contributed by atoms with Gasteiger partial charge in [0.15, 0.2) is 11.5 Å². The summed E-state index contributed by atoms with van der Waals surface area (Å²) in [6, 6.07) is 9.05. The van der Waals surface area contributed by atoms with Crippen molar-refractivity contribution in [1.29, 1.82) is 0 Å². The molecular weight excluding hydrogens is 326 g/mol. The Labute approximate surface area is 146 Å². The first-order chi connectivity index (χ1) is 11.7. The molecule has 5 nitrogen and oxygen atoms in total. The van der Waals surface area contributed by atoms with Crippen LogP contribution in [0.3, 0.4) is 0 Å². The number of hydrogen-bond donors (Lipinski definition) is 1. The molecule has 0 radical (unpaired) electrons. The molecule has 0 bridgehead atoms. The van der Waals surface area contributed by atoms with Gasteiger partial charge < -0.3 is 14.7 Å². The van der Waals surface area contributed by atoms with Gasteiger partial charge in [0.05, 0.1) is 0 Å². The number of carbonyl (C=O) groups excluding carboxylic acids is 1. The maximum absolute atomic E-state index is 12.7. The minimum atomic E-state index is -0.0417. The zero-order chi connectivity index (χ0) is 16.5. The van der Waals surface area contributed by atoms with Gasteiger partial charge in [0.2, 0.25) is 0 Å². The van der Waals surface area contributed by atoms with E-state index in [0.29, 0.717) is 28.3 Å². The SMILES string of the molecule is O=C(c1cc(-c2cccc(Cl)c2)on1)N1CC[C@@H]2CNC[C@@H]2CC1. The lowest BCUT2D eigenvalue weighted by Gasteiger charge is -2.19. The average molecular weight is 346 g/mol. The summed E-state index contributed by atoms with van der Waals surface area (Å²) in [5, 5.41) is 8.06. The lowest BCUT2D eigenvalue weighted by atomic mass is 9.92. The Morgan fingerprint density at radius 3 is 2.67 bits per heavy atom. The van der Waals surface area contributed by atoms with E-state index in [2.05, 4.69) is 10.5 Å². The highest BCUT2D eigenvalue weighted by molar-refractivity contribution is 6.30. The molecule has 2 saturated heterocycles. The lowest BCUT2D eigenvalue weighted by Crippen LogP contribution is -2.32. The number of hydrogen-bond acceptors (Lipinski definition) is 4. The van der Waals surface area contributed by atoms with Gasteiger partial charge in [0.25, 0.3) is 5.91 Å². The molecule has 0 aliphatic carbocycles. The first-order valence-electron chi connectivity index (χ1n) is 8.43. The van der Waals surface area contributed by atoms with Crippen molar-refractivity contribution in [2.45, 2.75) is 12.8 Å². The summed E-state index contributed by atoms with van der Waals surface area (Å²) in [5.41, 5.74) is 1.20. The summed E-state index contributed by atoms with van der Waals surface area (Å²) in [5.74, 6) is 1.92. The normalized spacial score (nSPS) is 23.8. The molecular formula is C18H20ClN3O2. The molecule has 2 aliphatic heterocycles. The van der Waals surface area contributed by atoms with Gasteiger partial charge in [-0.2, -0.15) is 0 Å². The number of nitrogens with zero attached hydrogens (tertiary/aromatic N) is 2. The highest BCUT2D eigenvalue weighted by atomic mass is 35.5. The second-order valence-electron chi connectivity index (χ2n) is 6.63. The fourth-order valence-corrected chi connectivity index (χ4v) is 3.93. The smallest absolute Gasteiger partial charge is 0.276 e. The number of carbonyl (C=O) groups is 1. The molecule has 2 aromatic rings. The van der Waals surface area contributed by atoms with Gasteiger partial charge in [0, 0.05) is 29.7 Å². The van der Waals surface area contributed by atoms with E-state index in [0.717, 1.165) is 44.6 Å². The van der Waals surface area contributed by atoms with E-state index in [9.17, 15) is 4.79 Å². The predicted octanol–water partition coefficient (Wildman–Crippen LogP) is 3.07. The van der Waals surface area contributed by atoms with Crippen LogP contribution in [0.15, 0.2) is 34.9 Å². The number of rotatable bonds is 2. The number of benzene rings is 1. The van der Waals surface area contributed by atoms with Crippen LogP contribution in [0.4, 0.5) is 0 Å². The molecule has 0 unspecified atom stereocenters. The van der Waals surface area contributed by atoms with Gasteiger partial charge in [-0.15, -0.1) is 0 Å². The molecule has 0 saturated carbocycles. The van der Waals surface area contributed by atoms with Gasteiger partial charge in [-0.3, -0.25) is 4.79 Å². The summed E-state index contributed by atoms with van der Waals surface area (Å²) in [4.78, 5) is 14.7. The van der Waals surface area contributed by atoms with Crippen molar-refractivity contribution in [2.75, 3.05) is 26.2 Å². The van der Waals surface area contributed by atoms with Crippen LogP contribution in [0.5, 0.6) is 0 Å². The van der Waals surface area contributed by atoms with E-state index in [1.165, 1.54) is 0 Å². The molecule has 1 aromatic carbocycles. The average Bonchev–Trinajstić information content (AvgIpc) is 3.20. The summed E-state index contributed by atoms with van der Waals surface area (Å²) in [6.45, 7) is 3.74. The Morgan fingerprint density at radius 1 is 1.21 bits per heavy atom. The number of likely N-dealkylation sites (tertiary alicyclic amines) is 1. The molecule has 24 heavy (non-hydrogen) atoms. The number of aromatic nitrogens is 1. The first-order valence-corrected chi connectivity index (χ1v) is 8.81. The van der Waals surface area contributed by atoms with Crippen LogP contribution in [0.1, 0.15) is 23.3 Å². The molecule has 1 amide bonds. The maximum atomic E-state index is 12.7. The van der Waals surface area contributed by atoms with E-state index in [-0.39, 0.29) is 5.91 Å². The molecule has 3 heterocycles. The molecule has 0 spiro atoms. The van der Waals surface area contributed by atoms with Crippen molar-refractivity contribution in [1.82, 2.24) is 15.4 Å². The fourth-order valence-electron chi connectivity index (χ4n) is 3.74. The monoisotopic (exact) mass is 345 g/mol. The van der Waals surface area contributed by atoms with E-state index in [1.807, 2.05) is 17.0 Å². The number of nitrogens with one attached hydrogen (secondary N) is 1. The highest BCUT2D eigenvalue weighted by Gasteiger charge is 2.32. The molecule has 1 aromatic heterocycles. The van der Waals surface area contributed by atoms with Crippen LogP contribution in [0.2, 0.25) is 5.02 Å². The van der Waals surface area contributed by atoms with E-state index < -0.39 is 0 Å². The van der Waals surface area contributed by atoms with Crippen LogP contribution in [0, 0.1) is 11.8 Å². The highest BCUT2D eigenvalue weighted by Crippen LogP contribution is 2.28. The van der Waals surface area contributed by atoms with E-state index >= 15 is 0 Å². The quantitative estimate of drug-likeness (QED) is 0.908. The third kappa shape index (κ3) is 3.06. The third-order valence-electron chi connectivity index (χ3n) is 5.14. The Bertz CT molecular complexity index is 731. The largest absolute Gasteiger partial charge is 0.355 e. The second kappa shape index (κ2) is 6.57. The molecule has 126 valence electrons. The molecule has 6 heteroatoms. The summed E-state index contributed by atoms with van der Waals surface area (Å²) < 4.78 is 5.36. The number of fused-ring (bicyclic) bond motifs is 1. The Morgan fingerprint density at radius 2 is 1.96 bits per heavy atom. The first kappa shape index (κ1) is 15.7. The molecule has 2 aliphatic rings. The number of amides is 1. The van der Waals surface area contributed by atoms with E-state index in [4.69, 9.17) is 16.1 Å².